The lowest BCUT2D eigenvalue weighted by atomic mass is 9.56. The van der Waals surface area contributed by atoms with Crippen molar-refractivity contribution >= 4 is 10.8 Å². The molecule has 2 aliphatic carbocycles. The Bertz CT molecular complexity index is 1790. The lowest BCUT2D eigenvalue weighted by molar-refractivity contribution is 0.119. The molecule has 3 atom stereocenters. The Morgan fingerprint density at radius 1 is 0.929 bits per heavy atom. The maximum atomic E-state index is 11.6. The van der Waals surface area contributed by atoms with Gasteiger partial charge in [0.25, 0.3) is 0 Å². The van der Waals surface area contributed by atoms with Gasteiger partial charge in [-0.2, -0.15) is 0 Å². The average molecular weight is 561 g/mol. The summed E-state index contributed by atoms with van der Waals surface area (Å²) in [6.45, 7) is 4.74. The van der Waals surface area contributed by atoms with Crippen molar-refractivity contribution in [1.29, 1.82) is 0 Å². The van der Waals surface area contributed by atoms with Crippen LogP contribution in [0.25, 0.3) is 53.9 Å². The minimum atomic E-state index is -0.338. The highest BCUT2D eigenvalue weighted by Crippen LogP contribution is 2.62. The smallest absolute Gasteiger partial charge is 0.167 e. The van der Waals surface area contributed by atoms with Gasteiger partial charge in [0.05, 0.1) is 7.11 Å². The van der Waals surface area contributed by atoms with E-state index in [1.165, 1.54) is 5.56 Å². The first-order valence-electron chi connectivity index (χ1n) is 14.1. The molecule has 0 aliphatic heterocycles. The topological polar surface area (TPSA) is 136 Å². The van der Waals surface area contributed by atoms with Crippen LogP contribution in [0.4, 0.5) is 0 Å². The molecule has 1 saturated carbocycles. The number of phenolic OH excluding ortho intramolecular Hbond substituents is 1. The van der Waals surface area contributed by atoms with Crippen LogP contribution in [0.2, 0.25) is 0 Å². The number of azide groups is 2. The third kappa shape index (κ3) is 4.44. The molecular formula is C33H32N6O3. The number of phenols is 1. The van der Waals surface area contributed by atoms with E-state index in [9.17, 15) is 5.11 Å². The lowest BCUT2D eigenvalue weighted by Gasteiger charge is -2.48. The van der Waals surface area contributed by atoms with Crippen molar-refractivity contribution in [2.45, 2.75) is 38.5 Å². The third-order valence-electron chi connectivity index (χ3n) is 8.97. The van der Waals surface area contributed by atoms with E-state index in [4.69, 9.17) is 20.5 Å². The maximum Gasteiger partial charge on any atom is 0.167 e. The van der Waals surface area contributed by atoms with E-state index in [0.29, 0.717) is 23.6 Å². The molecular weight excluding hydrogens is 528 g/mol. The predicted octanol–water partition coefficient (Wildman–Crippen LogP) is 9.27. The van der Waals surface area contributed by atoms with Gasteiger partial charge in [0, 0.05) is 32.7 Å². The van der Waals surface area contributed by atoms with Crippen molar-refractivity contribution in [3.63, 3.8) is 0 Å². The second kappa shape index (κ2) is 10.5. The summed E-state index contributed by atoms with van der Waals surface area (Å²) in [7, 11) is 1.62. The van der Waals surface area contributed by atoms with Gasteiger partial charge in [-0.25, -0.2) is 0 Å². The zero-order chi connectivity index (χ0) is 29.5. The fourth-order valence-electron chi connectivity index (χ4n) is 7.72. The molecule has 3 unspecified atom stereocenters. The second-order valence-corrected chi connectivity index (χ2v) is 12.0. The van der Waals surface area contributed by atoms with Crippen molar-refractivity contribution in [2.75, 3.05) is 20.4 Å². The van der Waals surface area contributed by atoms with Gasteiger partial charge in [-0.3, -0.25) is 0 Å². The standard InChI is InChI=1S/C33H32N6O3/c1-20-15-32(2,18-36-38-34)17-33(16-20)27-7-5-4-6-23(27)31-26-13-30(42-19-37-39-35)24(12-25(26)29(40)14-28(31)33)21-8-10-22(41-3)11-9-21/h4-14,20,40H,15-19H2,1-3H3. The highest BCUT2D eigenvalue weighted by Gasteiger charge is 2.51. The SMILES string of the molecule is COc1ccc(-c2cc3c(O)cc4c(c3cc2OCN=[N+]=[N-])-c2ccccc2C42CC(C)CC(C)(CN=[N+]=[N-])C2)cc1. The Balaban J connectivity index is 1.62. The van der Waals surface area contributed by atoms with Gasteiger partial charge in [0.1, 0.15) is 17.2 Å². The molecule has 0 bridgehead atoms. The van der Waals surface area contributed by atoms with Crippen LogP contribution in [-0.2, 0) is 5.41 Å². The molecule has 212 valence electrons. The Morgan fingerprint density at radius 3 is 2.43 bits per heavy atom. The minimum absolute atomic E-state index is 0.165. The first kappa shape index (κ1) is 27.3. The summed E-state index contributed by atoms with van der Waals surface area (Å²) in [4.78, 5) is 5.93. The molecule has 42 heavy (non-hydrogen) atoms. The van der Waals surface area contributed by atoms with Crippen LogP contribution in [0, 0.1) is 11.3 Å². The Kier molecular flexibility index (Phi) is 6.85. The fraction of sp³-hybridized carbons (Fsp3) is 0.333. The van der Waals surface area contributed by atoms with E-state index in [1.807, 2.05) is 42.5 Å². The predicted molar refractivity (Wildman–Crippen MR) is 164 cm³/mol. The normalized spacial score (nSPS) is 22.1. The zero-order valence-electron chi connectivity index (χ0n) is 23.9. The van der Waals surface area contributed by atoms with Gasteiger partial charge in [-0.05, 0) is 105 Å². The minimum Gasteiger partial charge on any atom is -0.507 e. The molecule has 0 aromatic heterocycles. The van der Waals surface area contributed by atoms with Gasteiger partial charge >= 0.3 is 0 Å². The molecule has 1 N–H and O–H groups in total. The van der Waals surface area contributed by atoms with E-state index in [2.05, 4.69) is 58.2 Å². The molecule has 0 amide bonds. The number of ether oxygens (including phenoxy) is 2. The number of hydrogen-bond acceptors (Lipinski definition) is 5. The van der Waals surface area contributed by atoms with Crippen LogP contribution in [0.15, 0.2) is 77.0 Å². The molecule has 6 rings (SSSR count). The maximum absolute atomic E-state index is 11.6. The molecule has 0 saturated heterocycles. The average Bonchev–Trinajstić information content (AvgIpc) is 3.23. The summed E-state index contributed by atoms with van der Waals surface area (Å²) >= 11 is 0. The van der Waals surface area contributed by atoms with Gasteiger partial charge in [0.15, 0.2) is 6.73 Å². The summed E-state index contributed by atoms with van der Waals surface area (Å²) in [5, 5.41) is 20.8. The fourth-order valence-corrected chi connectivity index (χ4v) is 7.72. The van der Waals surface area contributed by atoms with Crippen LogP contribution < -0.4 is 9.47 Å². The number of methoxy groups -OCH3 is 1. The second-order valence-electron chi connectivity index (χ2n) is 12.0. The summed E-state index contributed by atoms with van der Waals surface area (Å²) < 4.78 is 11.4. The number of aromatic hydroxyl groups is 1. The van der Waals surface area contributed by atoms with Crippen molar-refractivity contribution < 1.29 is 14.6 Å². The van der Waals surface area contributed by atoms with Crippen LogP contribution in [-0.4, -0.2) is 25.5 Å². The quantitative estimate of drug-likeness (QED) is 0.137. The molecule has 4 aromatic rings. The van der Waals surface area contributed by atoms with Crippen molar-refractivity contribution in [2.24, 2.45) is 21.6 Å². The van der Waals surface area contributed by atoms with Crippen molar-refractivity contribution in [1.82, 2.24) is 0 Å². The van der Waals surface area contributed by atoms with E-state index >= 15 is 0 Å². The first-order valence-corrected chi connectivity index (χ1v) is 14.1. The summed E-state index contributed by atoms with van der Waals surface area (Å²) in [5.74, 6) is 1.86. The number of hydrogen-bond donors (Lipinski definition) is 1. The Hall–Kier alpha value is -4.84. The summed E-state index contributed by atoms with van der Waals surface area (Å²) in [5.41, 5.74) is 23.7. The third-order valence-corrected chi connectivity index (χ3v) is 8.97. The van der Waals surface area contributed by atoms with Crippen LogP contribution in [0.1, 0.15) is 44.2 Å². The van der Waals surface area contributed by atoms with E-state index in [0.717, 1.165) is 58.2 Å². The van der Waals surface area contributed by atoms with Crippen LogP contribution in [0.3, 0.4) is 0 Å². The van der Waals surface area contributed by atoms with E-state index in [-0.39, 0.29) is 23.3 Å². The van der Waals surface area contributed by atoms with E-state index < -0.39 is 0 Å². The molecule has 9 nitrogen and oxygen atoms in total. The molecule has 2 aliphatic rings. The Morgan fingerprint density at radius 2 is 1.69 bits per heavy atom. The highest BCUT2D eigenvalue weighted by atomic mass is 16.5. The van der Waals surface area contributed by atoms with E-state index in [1.54, 1.807) is 7.11 Å². The van der Waals surface area contributed by atoms with Crippen molar-refractivity contribution in [3.05, 3.63) is 98.7 Å². The summed E-state index contributed by atoms with van der Waals surface area (Å²) in [6, 6.07) is 22.0. The monoisotopic (exact) mass is 560 g/mol. The molecule has 1 fully saturated rings. The van der Waals surface area contributed by atoms with Gasteiger partial charge in [0.2, 0.25) is 0 Å². The molecule has 0 heterocycles. The van der Waals surface area contributed by atoms with Crippen LogP contribution in [0.5, 0.6) is 17.2 Å². The largest absolute Gasteiger partial charge is 0.507 e. The lowest BCUT2D eigenvalue weighted by Crippen LogP contribution is -2.42. The van der Waals surface area contributed by atoms with Gasteiger partial charge in [-0.1, -0.05) is 60.5 Å². The highest BCUT2D eigenvalue weighted by molar-refractivity contribution is 6.07. The molecule has 9 heteroatoms. The van der Waals surface area contributed by atoms with Crippen molar-refractivity contribution in [3.8, 4) is 39.5 Å². The van der Waals surface area contributed by atoms with Gasteiger partial charge < -0.3 is 14.6 Å². The summed E-state index contributed by atoms with van der Waals surface area (Å²) in [6.07, 6.45) is 2.70. The number of benzene rings is 4. The zero-order valence-corrected chi connectivity index (χ0v) is 23.9. The number of rotatable bonds is 7. The molecule has 0 radical (unpaired) electrons. The van der Waals surface area contributed by atoms with Gasteiger partial charge in [-0.15, -0.1) is 0 Å². The molecule has 4 aromatic carbocycles. The number of fused-ring (bicyclic) bond motifs is 7. The Labute approximate surface area is 244 Å². The van der Waals surface area contributed by atoms with Crippen LogP contribution >= 0.6 is 0 Å². The number of nitrogens with zero attached hydrogens (tertiary/aromatic N) is 6. The first-order chi connectivity index (χ1) is 20.3. The molecule has 1 spiro atoms.